The van der Waals surface area contributed by atoms with Crippen LogP contribution in [0, 0.1) is 10.1 Å². The number of carbonyl (C=O) groups is 1. The molecule has 0 aliphatic carbocycles. The quantitative estimate of drug-likeness (QED) is 0.469. The number of anilines is 1. The van der Waals surface area contributed by atoms with Gasteiger partial charge in [0.25, 0.3) is 5.69 Å². The molecular weight excluding hydrogens is 420 g/mol. The number of amides is 1. The Morgan fingerprint density at radius 1 is 1.26 bits per heavy atom. The molecule has 2 aromatic carbocycles. The van der Waals surface area contributed by atoms with Crippen LogP contribution in [0.1, 0.15) is 12.5 Å². The third-order valence-electron chi connectivity index (χ3n) is 5.26. The maximum absolute atomic E-state index is 12.8. The number of carbonyl (C=O) groups excluding carboxylic acids is 1. The maximum atomic E-state index is 12.8. The maximum Gasteiger partial charge on any atom is 0.271 e. The summed E-state index contributed by atoms with van der Waals surface area (Å²) in [6.45, 7) is 6.98. The molecule has 0 spiro atoms. The minimum atomic E-state index is -0.521. The Balaban J connectivity index is 1.67. The molecule has 166 valence electrons. The number of non-ortho nitro benzene ring substituents is 1. The van der Waals surface area contributed by atoms with E-state index in [0.29, 0.717) is 12.2 Å². The highest BCUT2D eigenvalue weighted by atomic mass is 35.5. The molecule has 0 radical (unpaired) electrons. The molecular formula is C22H27ClN4O4. The van der Waals surface area contributed by atoms with E-state index in [9.17, 15) is 14.9 Å². The standard InChI is InChI=1S/C22H27ClN4O4/c1-17(14-25-9-11-31-12-10-25)26(15-18-5-3-2-4-6-18)16-22(28)24-21-8-7-19(27(29)30)13-20(21)23/h2-8,13,17H,9-12,14-16H2,1H3,(H,24,28). The molecule has 1 atom stereocenters. The van der Waals surface area contributed by atoms with E-state index in [4.69, 9.17) is 16.3 Å². The molecule has 2 aromatic rings. The average Bonchev–Trinajstić information content (AvgIpc) is 2.76. The summed E-state index contributed by atoms with van der Waals surface area (Å²) in [5.74, 6) is -0.222. The predicted molar refractivity (Wildman–Crippen MR) is 120 cm³/mol. The van der Waals surface area contributed by atoms with Crippen LogP contribution in [0.5, 0.6) is 0 Å². The lowest BCUT2D eigenvalue weighted by molar-refractivity contribution is -0.384. The highest BCUT2D eigenvalue weighted by Gasteiger charge is 2.22. The average molecular weight is 447 g/mol. The largest absolute Gasteiger partial charge is 0.379 e. The van der Waals surface area contributed by atoms with Crippen molar-refractivity contribution in [1.82, 2.24) is 9.80 Å². The van der Waals surface area contributed by atoms with Gasteiger partial charge in [-0.05, 0) is 18.6 Å². The minimum absolute atomic E-state index is 0.118. The normalized spacial score (nSPS) is 15.6. The molecule has 31 heavy (non-hydrogen) atoms. The van der Waals surface area contributed by atoms with E-state index in [-0.39, 0.29) is 29.2 Å². The molecule has 0 aromatic heterocycles. The van der Waals surface area contributed by atoms with Gasteiger partial charge in [0.05, 0.1) is 35.4 Å². The second-order valence-electron chi connectivity index (χ2n) is 7.62. The number of hydrogen-bond acceptors (Lipinski definition) is 6. The number of nitro benzene ring substituents is 1. The molecule has 1 aliphatic heterocycles. The van der Waals surface area contributed by atoms with Crippen LogP contribution in [0.25, 0.3) is 0 Å². The number of benzene rings is 2. The van der Waals surface area contributed by atoms with Crippen molar-refractivity contribution in [2.24, 2.45) is 0 Å². The third-order valence-corrected chi connectivity index (χ3v) is 5.57. The summed E-state index contributed by atoms with van der Waals surface area (Å²) in [6.07, 6.45) is 0. The van der Waals surface area contributed by atoms with Gasteiger partial charge in [-0.15, -0.1) is 0 Å². The molecule has 1 N–H and O–H groups in total. The molecule has 3 rings (SSSR count). The molecule has 1 heterocycles. The molecule has 9 heteroatoms. The summed E-state index contributed by atoms with van der Waals surface area (Å²) >= 11 is 6.12. The van der Waals surface area contributed by atoms with Crippen molar-refractivity contribution in [1.29, 1.82) is 0 Å². The lowest BCUT2D eigenvalue weighted by Gasteiger charge is -2.34. The van der Waals surface area contributed by atoms with Crippen molar-refractivity contribution in [3.05, 3.63) is 69.2 Å². The van der Waals surface area contributed by atoms with Crippen LogP contribution in [0.2, 0.25) is 5.02 Å². The van der Waals surface area contributed by atoms with Gasteiger partial charge in [-0.1, -0.05) is 41.9 Å². The Morgan fingerprint density at radius 2 is 1.97 bits per heavy atom. The predicted octanol–water partition coefficient (Wildman–Crippen LogP) is 3.41. The molecule has 0 saturated carbocycles. The number of nitrogens with one attached hydrogen (secondary N) is 1. The van der Waals surface area contributed by atoms with Crippen LogP contribution >= 0.6 is 11.6 Å². The molecule has 8 nitrogen and oxygen atoms in total. The van der Waals surface area contributed by atoms with Crippen molar-refractivity contribution in [2.45, 2.75) is 19.5 Å². The van der Waals surface area contributed by atoms with Crippen molar-refractivity contribution in [3.63, 3.8) is 0 Å². The van der Waals surface area contributed by atoms with E-state index in [1.54, 1.807) is 0 Å². The number of ether oxygens (including phenoxy) is 1. The zero-order chi connectivity index (χ0) is 22.2. The number of nitrogens with zero attached hydrogens (tertiary/aromatic N) is 3. The van der Waals surface area contributed by atoms with Crippen LogP contribution in [0.4, 0.5) is 11.4 Å². The molecule has 1 unspecified atom stereocenters. The fourth-order valence-corrected chi connectivity index (χ4v) is 3.77. The molecule has 1 aliphatic rings. The van der Waals surface area contributed by atoms with Gasteiger partial charge in [-0.25, -0.2) is 0 Å². The second-order valence-corrected chi connectivity index (χ2v) is 8.03. The lowest BCUT2D eigenvalue weighted by Crippen LogP contribution is -2.47. The first kappa shape index (κ1) is 23.1. The van der Waals surface area contributed by atoms with Gasteiger partial charge >= 0.3 is 0 Å². The van der Waals surface area contributed by atoms with E-state index >= 15 is 0 Å². The van der Waals surface area contributed by atoms with Crippen LogP contribution in [0.15, 0.2) is 48.5 Å². The lowest BCUT2D eigenvalue weighted by atomic mass is 10.1. The molecule has 1 saturated heterocycles. The van der Waals surface area contributed by atoms with Crippen molar-refractivity contribution in [2.75, 3.05) is 44.7 Å². The fraction of sp³-hybridized carbons (Fsp3) is 0.409. The van der Waals surface area contributed by atoms with Crippen molar-refractivity contribution >= 4 is 28.9 Å². The van der Waals surface area contributed by atoms with Gasteiger partial charge < -0.3 is 10.1 Å². The van der Waals surface area contributed by atoms with E-state index in [2.05, 4.69) is 22.0 Å². The second kappa shape index (κ2) is 11.2. The fourth-order valence-electron chi connectivity index (χ4n) is 3.55. The smallest absolute Gasteiger partial charge is 0.271 e. The van der Waals surface area contributed by atoms with Gasteiger partial charge in [0.15, 0.2) is 0 Å². The van der Waals surface area contributed by atoms with Gasteiger partial charge in [0.1, 0.15) is 0 Å². The first-order valence-electron chi connectivity index (χ1n) is 10.2. The molecule has 1 amide bonds. The first-order chi connectivity index (χ1) is 14.9. The first-order valence-corrected chi connectivity index (χ1v) is 10.6. The van der Waals surface area contributed by atoms with Crippen LogP contribution in [-0.4, -0.2) is 66.1 Å². The van der Waals surface area contributed by atoms with Gasteiger partial charge in [-0.2, -0.15) is 0 Å². The Bertz CT molecular complexity index is 890. The highest BCUT2D eigenvalue weighted by molar-refractivity contribution is 6.34. The zero-order valence-corrected chi connectivity index (χ0v) is 18.3. The number of nitro groups is 1. The van der Waals surface area contributed by atoms with E-state index in [1.165, 1.54) is 18.2 Å². The summed E-state index contributed by atoms with van der Waals surface area (Å²) in [5.41, 5.74) is 1.36. The van der Waals surface area contributed by atoms with E-state index in [0.717, 1.165) is 38.4 Å². The number of rotatable bonds is 9. The van der Waals surface area contributed by atoms with Crippen LogP contribution in [0.3, 0.4) is 0 Å². The third kappa shape index (κ3) is 7.00. The Hall–Kier alpha value is -2.52. The summed E-state index contributed by atoms with van der Waals surface area (Å²) in [7, 11) is 0. The summed E-state index contributed by atoms with van der Waals surface area (Å²) in [6, 6.07) is 14.2. The minimum Gasteiger partial charge on any atom is -0.379 e. The Labute approximate surface area is 186 Å². The van der Waals surface area contributed by atoms with Crippen LogP contribution < -0.4 is 5.32 Å². The SMILES string of the molecule is CC(CN1CCOCC1)N(CC(=O)Nc1ccc([N+](=O)[O-])cc1Cl)Cc1ccccc1. The number of morpholine rings is 1. The summed E-state index contributed by atoms with van der Waals surface area (Å²) < 4.78 is 5.43. The van der Waals surface area contributed by atoms with Gasteiger partial charge in [0, 0.05) is 44.4 Å². The Kier molecular flexibility index (Phi) is 8.36. The van der Waals surface area contributed by atoms with Crippen molar-refractivity contribution in [3.8, 4) is 0 Å². The number of halogens is 1. The number of hydrogen-bond donors (Lipinski definition) is 1. The molecule has 1 fully saturated rings. The summed E-state index contributed by atoms with van der Waals surface area (Å²) in [5, 5.41) is 13.8. The topological polar surface area (TPSA) is 88.0 Å². The van der Waals surface area contributed by atoms with E-state index < -0.39 is 4.92 Å². The van der Waals surface area contributed by atoms with Crippen LogP contribution in [-0.2, 0) is 16.1 Å². The van der Waals surface area contributed by atoms with Gasteiger partial charge in [0.2, 0.25) is 5.91 Å². The highest BCUT2D eigenvalue weighted by Crippen LogP contribution is 2.26. The molecule has 0 bridgehead atoms. The summed E-state index contributed by atoms with van der Waals surface area (Å²) in [4.78, 5) is 27.6. The monoisotopic (exact) mass is 446 g/mol. The van der Waals surface area contributed by atoms with Crippen molar-refractivity contribution < 1.29 is 14.5 Å². The van der Waals surface area contributed by atoms with Gasteiger partial charge in [-0.3, -0.25) is 24.7 Å². The zero-order valence-electron chi connectivity index (χ0n) is 17.5. The Morgan fingerprint density at radius 3 is 2.61 bits per heavy atom. The van der Waals surface area contributed by atoms with E-state index in [1.807, 2.05) is 30.3 Å².